The second kappa shape index (κ2) is 5.80. The average Bonchev–Trinajstić information content (AvgIpc) is 2.97. The zero-order chi connectivity index (χ0) is 16.6. The molecule has 0 N–H and O–H groups in total. The van der Waals surface area contributed by atoms with E-state index in [4.69, 9.17) is 4.74 Å². The van der Waals surface area contributed by atoms with Gasteiger partial charge in [0, 0.05) is 30.9 Å². The van der Waals surface area contributed by atoms with Crippen molar-refractivity contribution in [1.29, 1.82) is 0 Å². The van der Waals surface area contributed by atoms with E-state index in [0.717, 1.165) is 17.7 Å². The van der Waals surface area contributed by atoms with Gasteiger partial charge in [-0.25, -0.2) is 4.79 Å². The van der Waals surface area contributed by atoms with Gasteiger partial charge in [0.25, 0.3) is 0 Å². The van der Waals surface area contributed by atoms with E-state index in [-0.39, 0.29) is 12.2 Å². The molecule has 5 heteroatoms. The Labute approximate surface area is 136 Å². The Kier molecular flexibility index (Phi) is 3.96. The van der Waals surface area contributed by atoms with Crippen molar-refractivity contribution in [2.24, 2.45) is 5.92 Å². The van der Waals surface area contributed by atoms with Crippen LogP contribution in [0.3, 0.4) is 0 Å². The number of ketones is 1. The quantitative estimate of drug-likeness (QED) is 0.805. The van der Waals surface area contributed by atoms with E-state index in [1.165, 1.54) is 0 Å². The first-order chi connectivity index (χ1) is 10.8. The fraction of sp³-hybridized carbons (Fsp3) is 0.500. The summed E-state index contributed by atoms with van der Waals surface area (Å²) in [6.45, 7) is 6.16. The van der Waals surface area contributed by atoms with E-state index in [0.29, 0.717) is 24.6 Å². The number of Topliss-reactive ketones (excluding diaryl/α,β-unsaturated/α-hetero) is 1. The highest BCUT2D eigenvalue weighted by molar-refractivity contribution is 5.95. The first kappa shape index (κ1) is 15.7. The molecule has 0 spiro atoms. The first-order valence-electron chi connectivity index (χ1n) is 8.00. The second-order valence-corrected chi connectivity index (χ2v) is 7.16. The number of aromatic nitrogens is 2. The third kappa shape index (κ3) is 3.44. The van der Waals surface area contributed by atoms with Gasteiger partial charge < -0.3 is 4.74 Å². The highest BCUT2D eigenvalue weighted by atomic mass is 16.6. The molecular formula is C18H22N2O3. The molecule has 1 atom stereocenters. The van der Waals surface area contributed by atoms with Crippen LogP contribution >= 0.6 is 0 Å². The van der Waals surface area contributed by atoms with Gasteiger partial charge in [0.1, 0.15) is 11.4 Å². The molecule has 1 aromatic rings. The van der Waals surface area contributed by atoms with Gasteiger partial charge in [-0.05, 0) is 27.2 Å². The summed E-state index contributed by atoms with van der Waals surface area (Å²) in [6, 6.07) is 0. The predicted octanol–water partition coefficient (Wildman–Crippen LogP) is 2.64. The summed E-state index contributed by atoms with van der Waals surface area (Å²) in [4.78, 5) is 24.2. The summed E-state index contributed by atoms with van der Waals surface area (Å²) < 4.78 is 7.26. The SMILES string of the molecule is CC(C)(C)OC(=O)c1nn(CC2C=CC=CC2)c2c1CC(=O)C2. The lowest BCUT2D eigenvalue weighted by atomic mass is 10.0. The summed E-state index contributed by atoms with van der Waals surface area (Å²) in [6.07, 6.45) is 9.90. The fourth-order valence-corrected chi connectivity index (χ4v) is 2.99. The number of carbonyl (C=O) groups is 2. The minimum atomic E-state index is -0.576. The van der Waals surface area contributed by atoms with Crippen molar-refractivity contribution in [3.63, 3.8) is 0 Å². The maximum Gasteiger partial charge on any atom is 0.359 e. The Balaban J connectivity index is 1.88. The van der Waals surface area contributed by atoms with Crippen LogP contribution in [0.25, 0.3) is 0 Å². The van der Waals surface area contributed by atoms with Crippen LogP contribution in [0.4, 0.5) is 0 Å². The molecule has 0 saturated heterocycles. The van der Waals surface area contributed by atoms with E-state index in [2.05, 4.69) is 17.3 Å². The largest absolute Gasteiger partial charge is 0.455 e. The molecule has 1 unspecified atom stereocenters. The van der Waals surface area contributed by atoms with Gasteiger partial charge >= 0.3 is 5.97 Å². The van der Waals surface area contributed by atoms with Crippen LogP contribution in [0.2, 0.25) is 0 Å². The lowest BCUT2D eigenvalue weighted by Crippen LogP contribution is -2.25. The zero-order valence-corrected chi connectivity index (χ0v) is 13.8. The van der Waals surface area contributed by atoms with Crippen LogP contribution in [-0.2, 0) is 28.9 Å². The van der Waals surface area contributed by atoms with Gasteiger partial charge in [0.15, 0.2) is 5.69 Å². The van der Waals surface area contributed by atoms with Gasteiger partial charge in [-0.2, -0.15) is 5.10 Å². The normalized spacial score (nSPS) is 20.0. The van der Waals surface area contributed by atoms with Crippen LogP contribution in [-0.4, -0.2) is 27.1 Å². The van der Waals surface area contributed by atoms with Crippen molar-refractivity contribution in [2.75, 3.05) is 0 Å². The number of esters is 1. The molecule has 0 fully saturated rings. The van der Waals surface area contributed by atoms with Crippen LogP contribution < -0.4 is 0 Å². The van der Waals surface area contributed by atoms with Crippen LogP contribution in [0, 0.1) is 5.92 Å². The van der Waals surface area contributed by atoms with Crippen molar-refractivity contribution in [3.8, 4) is 0 Å². The van der Waals surface area contributed by atoms with E-state index < -0.39 is 11.6 Å². The van der Waals surface area contributed by atoms with E-state index in [9.17, 15) is 9.59 Å². The number of hydrogen-bond acceptors (Lipinski definition) is 4. The minimum Gasteiger partial charge on any atom is -0.455 e. The van der Waals surface area contributed by atoms with Gasteiger partial charge in [0.2, 0.25) is 0 Å². The maximum absolute atomic E-state index is 12.4. The van der Waals surface area contributed by atoms with E-state index >= 15 is 0 Å². The van der Waals surface area contributed by atoms with E-state index in [1.54, 1.807) is 0 Å². The smallest absolute Gasteiger partial charge is 0.359 e. The van der Waals surface area contributed by atoms with Crippen LogP contribution in [0.15, 0.2) is 24.3 Å². The van der Waals surface area contributed by atoms with Gasteiger partial charge in [-0.1, -0.05) is 24.3 Å². The van der Waals surface area contributed by atoms with Crippen molar-refractivity contribution in [3.05, 3.63) is 41.3 Å². The number of nitrogens with zero attached hydrogens (tertiary/aromatic N) is 2. The second-order valence-electron chi connectivity index (χ2n) is 7.16. The molecule has 0 radical (unpaired) electrons. The Bertz CT molecular complexity index is 705. The average molecular weight is 314 g/mol. The molecule has 3 rings (SSSR count). The highest BCUT2D eigenvalue weighted by Crippen LogP contribution is 2.27. The predicted molar refractivity (Wildman–Crippen MR) is 86.2 cm³/mol. The third-order valence-electron chi connectivity index (χ3n) is 3.97. The lowest BCUT2D eigenvalue weighted by molar-refractivity contribution is -0.117. The van der Waals surface area contributed by atoms with Crippen molar-refractivity contribution < 1.29 is 14.3 Å². The molecule has 1 aromatic heterocycles. The third-order valence-corrected chi connectivity index (χ3v) is 3.97. The molecular weight excluding hydrogens is 292 g/mol. The Morgan fingerprint density at radius 3 is 2.78 bits per heavy atom. The van der Waals surface area contributed by atoms with Gasteiger partial charge in [0.05, 0.1) is 5.69 Å². The molecule has 122 valence electrons. The van der Waals surface area contributed by atoms with Crippen molar-refractivity contribution in [1.82, 2.24) is 9.78 Å². The van der Waals surface area contributed by atoms with Crippen molar-refractivity contribution in [2.45, 2.75) is 52.2 Å². The molecule has 23 heavy (non-hydrogen) atoms. The number of allylic oxidation sites excluding steroid dienone is 4. The first-order valence-corrected chi connectivity index (χ1v) is 8.00. The summed E-state index contributed by atoms with van der Waals surface area (Å²) in [5.41, 5.74) is 1.35. The number of ether oxygens (including phenoxy) is 1. The molecule has 0 aliphatic heterocycles. The standard InChI is InChI=1S/C18H22N2O3/c1-18(2,3)23-17(22)16-14-9-13(21)10-15(14)20(19-16)11-12-7-5-4-6-8-12/h4-7,12H,8-11H2,1-3H3. The van der Waals surface area contributed by atoms with Crippen molar-refractivity contribution >= 4 is 11.8 Å². The molecule has 2 aliphatic rings. The highest BCUT2D eigenvalue weighted by Gasteiger charge is 2.33. The summed E-state index contributed by atoms with van der Waals surface area (Å²) in [7, 11) is 0. The number of rotatable bonds is 3. The zero-order valence-electron chi connectivity index (χ0n) is 13.8. The number of carbonyl (C=O) groups excluding carboxylic acids is 2. The summed E-state index contributed by atoms with van der Waals surface area (Å²) in [5, 5.41) is 4.48. The lowest BCUT2D eigenvalue weighted by Gasteiger charge is -2.19. The monoisotopic (exact) mass is 314 g/mol. The number of fused-ring (bicyclic) bond motifs is 1. The van der Waals surface area contributed by atoms with Crippen LogP contribution in [0.5, 0.6) is 0 Å². The summed E-state index contributed by atoms with van der Waals surface area (Å²) >= 11 is 0. The Hall–Kier alpha value is -2.17. The molecule has 0 aromatic carbocycles. The maximum atomic E-state index is 12.4. The van der Waals surface area contributed by atoms with Crippen LogP contribution in [0.1, 0.15) is 48.9 Å². The molecule has 2 aliphatic carbocycles. The minimum absolute atomic E-state index is 0.134. The van der Waals surface area contributed by atoms with Gasteiger partial charge in [-0.15, -0.1) is 0 Å². The summed E-state index contributed by atoms with van der Waals surface area (Å²) in [5.74, 6) is 0.0301. The molecule has 5 nitrogen and oxygen atoms in total. The van der Waals surface area contributed by atoms with E-state index in [1.807, 2.05) is 37.6 Å². The number of hydrogen-bond donors (Lipinski definition) is 0. The topological polar surface area (TPSA) is 61.2 Å². The molecule has 0 saturated carbocycles. The Morgan fingerprint density at radius 1 is 1.35 bits per heavy atom. The van der Waals surface area contributed by atoms with Gasteiger partial charge in [-0.3, -0.25) is 9.48 Å². The molecule has 1 heterocycles. The molecule has 0 amide bonds. The fourth-order valence-electron chi connectivity index (χ4n) is 2.99. The molecule has 0 bridgehead atoms. The Morgan fingerprint density at radius 2 is 2.13 bits per heavy atom.